The van der Waals surface area contributed by atoms with Crippen molar-refractivity contribution in [2.45, 2.75) is 32.7 Å². The first-order chi connectivity index (χ1) is 13.0. The van der Waals surface area contributed by atoms with Crippen molar-refractivity contribution < 1.29 is 0 Å². The van der Waals surface area contributed by atoms with Gasteiger partial charge in [-0.05, 0) is 68.8 Å². The lowest BCUT2D eigenvalue weighted by atomic mass is 10.1. The van der Waals surface area contributed by atoms with Gasteiger partial charge < -0.3 is 10.3 Å². The summed E-state index contributed by atoms with van der Waals surface area (Å²) in [5.41, 5.74) is 4.65. The lowest BCUT2D eigenvalue weighted by molar-refractivity contribution is 0.164. The summed E-state index contributed by atoms with van der Waals surface area (Å²) in [5, 5.41) is 4.62. The van der Waals surface area contributed by atoms with Crippen LogP contribution in [0.2, 0.25) is 0 Å². The summed E-state index contributed by atoms with van der Waals surface area (Å²) in [7, 11) is 4.33. The van der Waals surface area contributed by atoms with Crippen LogP contribution in [-0.4, -0.2) is 48.1 Å². The molecule has 5 heteroatoms. The molecule has 0 saturated carbocycles. The average Bonchev–Trinajstić information content (AvgIpc) is 2.67. The van der Waals surface area contributed by atoms with Crippen molar-refractivity contribution in [1.29, 1.82) is 0 Å². The Morgan fingerprint density at radius 2 is 2.00 bits per heavy atom. The van der Waals surface area contributed by atoms with Crippen LogP contribution in [0.5, 0.6) is 0 Å². The number of rotatable bonds is 6. The lowest BCUT2D eigenvalue weighted by Gasteiger charge is -2.35. The van der Waals surface area contributed by atoms with Crippen LogP contribution in [0.4, 0.5) is 5.82 Å². The van der Waals surface area contributed by atoms with Crippen LogP contribution in [0.1, 0.15) is 32.3 Å². The van der Waals surface area contributed by atoms with Crippen molar-refractivity contribution in [2.75, 3.05) is 32.6 Å². The Kier molecular flexibility index (Phi) is 6.58. The Morgan fingerprint density at radius 3 is 2.67 bits per heavy atom. The number of aromatic nitrogens is 1. The van der Waals surface area contributed by atoms with Crippen molar-refractivity contribution in [3.8, 4) is 0 Å². The van der Waals surface area contributed by atoms with E-state index in [4.69, 9.17) is 0 Å². The molecule has 1 N–H and O–H groups in total. The predicted octanol–water partition coefficient (Wildman–Crippen LogP) is 5.22. The van der Waals surface area contributed by atoms with E-state index in [9.17, 15) is 0 Å². The fraction of sp³-hybridized carbons (Fsp3) is 0.409. The number of pyridine rings is 1. The molecule has 4 nitrogen and oxygen atoms in total. The molecule has 0 amide bonds. The smallest absolute Gasteiger partial charge is 0.140 e. The topological polar surface area (TPSA) is 31.4 Å². The highest BCUT2D eigenvalue weighted by atomic mass is 32.2. The van der Waals surface area contributed by atoms with Crippen molar-refractivity contribution in [2.24, 2.45) is 0 Å². The highest BCUT2D eigenvalue weighted by molar-refractivity contribution is 8.11. The van der Waals surface area contributed by atoms with E-state index in [-0.39, 0.29) is 0 Å². The van der Waals surface area contributed by atoms with E-state index in [2.05, 4.69) is 85.2 Å². The van der Waals surface area contributed by atoms with Gasteiger partial charge in [0, 0.05) is 35.6 Å². The Balaban J connectivity index is 1.71. The molecule has 1 aromatic heterocycles. The molecular formula is C22H30N4S. The number of thioether (sulfide) groups is 1. The van der Waals surface area contributed by atoms with Crippen LogP contribution >= 0.6 is 11.8 Å². The normalized spacial score (nSPS) is 16.9. The average molecular weight is 383 g/mol. The number of hydrazine groups is 1. The van der Waals surface area contributed by atoms with Gasteiger partial charge in [-0.2, -0.15) is 0 Å². The first-order valence-corrected chi connectivity index (χ1v) is 10.4. The quantitative estimate of drug-likeness (QED) is 0.741. The van der Waals surface area contributed by atoms with Crippen LogP contribution in [0, 0.1) is 0 Å². The number of hydrogen-bond donors (Lipinski definition) is 1. The van der Waals surface area contributed by atoms with Crippen molar-refractivity contribution >= 4 is 33.3 Å². The maximum Gasteiger partial charge on any atom is 0.140 e. The number of hydrogen-bond acceptors (Lipinski definition) is 5. The summed E-state index contributed by atoms with van der Waals surface area (Å²) >= 11 is 1.72. The van der Waals surface area contributed by atoms with Gasteiger partial charge in [-0.15, -0.1) is 0 Å². The fourth-order valence-electron chi connectivity index (χ4n) is 3.34. The van der Waals surface area contributed by atoms with E-state index in [0.717, 1.165) is 34.8 Å². The fourth-order valence-corrected chi connectivity index (χ4v) is 4.10. The Morgan fingerprint density at radius 1 is 1.26 bits per heavy atom. The second kappa shape index (κ2) is 8.91. The maximum absolute atomic E-state index is 4.59. The molecule has 0 spiro atoms. The number of benzene rings is 1. The molecule has 27 heavy (non-hydrogen) atoms. The summed E-state index contributed by atoms with van der Waals surface area (Å²) in [6.45, 7) is 10.5. The molecule has 1 saturated heterocycles. The number of nitrogens with one attached hydrogen (secondary N) is 1. The Labute approximate surface area is 167 Å². The number of anilines is 1. The summed E-state index contributed by atoms with van der Waals surface area (Å²) in [4.78, 5) is 9.25. The van der Waals surface area contributed by atoms with Gasteiger partial charge >= 0.3 is 0 Å². The molecule has 3 rings (SSSR count). The van der Waals surface area contributed by atoms with Gasteiger partial charge in [-0.1, -0.05) is 36.5 Å². The van der Waals surface area contributed by atoms with E-state index in [1.165, 1.54) is 23.1 Å². The zero-order valence-electron chi connectivity index (χ0n) is 16.8. The number of piperidine rings is 1. The molecule has 2 heterocycles. The Hall–Kier alpha value is -1.82. The van der Waals surface area contributed by atoms with Crippen LogP contribution in [-0.2, 0) is 0 Å². The van der Waals surface area contributed by atoms with Gasteiger partial charge in [0.2, 0.25) is 0 Å². The van der Waals surface area contributed by atoms with Gasteiger partial charge in [0.1, 0.15) is 5.82 Å². The largest absolute Gasteiger partial charge is 0.306 e. The maximum atomic E-state index is 4.59. The van der Waals surface area contributed by atoms with Crippen LogP contribution in [0.25, 0.3) is 15.7 Å². The molecule has 0 radical (unpaired) electrons. The third kappa shape index (κ3) is 5.12. The van der Waals surface area contributed by atoms with Crippen LogP contribution in [0.15, 0.2) is 48.0 Å². The highest BCUT2D eigenvalue weighted by Gasteiger charge is 2.20. The zero-order valence-corrected chi connectivity index (χ0v) is 17.6. The first-order valence-electron chi connectivity index (χ1n) is 9.54. The first kappa shape index (κ1) is 19.9. The van der Waals surface area contributed by atoms with Crippen LogP contribution < -0.4 is 5.43 Å². The molecular weight excluding hydrogens is 352 g/mol. The zero-order chi connectivity index (χ0) is 19.4. The molecule has 0 atom stereocenters. The molecule has 1 aliphatic heterocycles. The molecule has 0 unspecified atom stereocenters. The minimum Gasteiger partial charge on any atom is -0.306 e. The van der Waals surface area contributed by atoms with Gasteiger partial charge in [-0.3, -0.25) is 0 Å². The number of allylic oxidation sites excluding steroid dienone is 2. The summed E-state index contributed by atoms with van der Waals surface area (Å²) < 4.78 is 0. The third-order valence-corrected chi connectivity index (χ3v) is 6.24. The highest BCUT2D eigenvalue weighted by Crippen LogP contribution is 2.33. The third-order valence-electron chi connectivity index (χ3n) is 5.20. The second-order valence-corrected chi connectivity index (χ2v) is 8.69. The second-order valence-electron chi connectivity index (χ2n) is 7.35. The van der Waals surface area contributed by atoms with E-state index in [1.54, 1.807) is 11.8 Å². The minimum absolute atomic E-state index is 0.680. The molecule has 1 fully saturated rings. The monoisotopic (exact) mass is 382 g/mol. The predicted molar refractivity (Wildman–Crippen MR) is 120 cm³/mol. The van der Waals surface area contributed by atoms with Gasteiger partial charge in [-0.25, -0.2) is 9.99 Å². The lowest BCUT2D eigenvalue weighted by Crippen LogP contribution is -2.44. The summed E-state index contributed by atoms with van der Waals surface area (Å²) in [5.74, 6) is 0.908. The van der Waals surface area contributed by atoms with Gasteiger partial charge in [0.15, 0.2) is 0 Å². The van der Waals surface area contributed by atoms with E-state index >= 15 is 0 Å². The Bertz CT molecular complexity index is 835. The summed E-state index contributed by atoms with van der Waals surface area (Å²) in [6, 6.07) is 9.28. The molecule has 1 aliphatic rings. The van der Waals surface area contributed by atoms with Crippen LogP contribution in [0.3, 0.4) is 0 Å². The van der Waals surface area contributed by atoms with Crippen molar-refractivity contribution in [3.05, 3.63) is 53.6 Å². The molecule has 0 bridgehead atoms. The van der Waals surface area contributed by atoms with E-state index < -0.39 is 0 Å². The van der Waals surface area contributed by atoms with E-state index in [0.29, 0.717) is 6.04 Å². The summed E-state index contributed by atoms with van der Waals surface area (Å²) in [6.07, 6.45) is 6.42. The molecule has 144 valence electrons. The van der Waals surface area contributed by atoms with Gasteiger partial charge in [0.25, 0.3) is 0 Å². The standard InChI is InChI=1S/C22H30N4S/c1-6-16(2)27-17(3)18-7-8-19-15-23-22(14-20(19)13-18)24-26-11-9-21(10-12-26)25(4)5/h6-8,13-15,21H,3,9-12H2,1-2,4-5H3,(H,23,24)/b16-6+. The number of nitrogens with zero attached hydrogens (tertiary/aromatic N) is 3. The number of fused-ring (bicyclic) bond motifs is 1. The van der Waals surface area contributed by atoms with E-state index in [1.807, 2.05) is 6.20 Å². The van der Waals surface area contributed by atoms with Crippen molar-refractivity contribution in [3.63, 3.8) is 0 Å². The molecule has 1 aromatic carbocycles. The van der Waals surface area contributed by atoms with Gasteiger partial charge in [0.05, 0.1) is 0 Å². The van der Waals surface area contributed by atoms with Crippen molar-refractivity contribution in [1.82, 2.24) is 14.9 Å². The molecule has 2 aromatic rings. The minimum atomic E-state index is 0.680. The molecule has 0 aliphatic carbocycles. The SMILES string of the molecule is C=C(S/C(C)=C/C)c1ccc2cnc(NN3CCC(N(C)C)CC3)cc2c1.